The largest absolute Gasteiger partial charge is 0.350 e. The molecule has 0 atom stereocenters. The number of aryl methyl sites for hydroxylation is 1. The summed E-state index contributed by atoms with van der Waals surface area (Å²) in [6.45, 7) is 2.23. The monoisotopic (exact) mass is 230 g/mol. The van der Waals surface area contributed by atoms with Crippen LogP contribution in [-0.2, 0) is 0 Å². The Morgan fingerprint density at radius 2 is 1.71 bits per heavy atom. The van der Waals surface area contributed by atoms with Crippen LogP contribution in [0.1, 0.15) is 37.7 Å². The first kappa shape index (κ1) is 10.9. The fourth-order valence-corrected chi connectivity index (χ4v) is 3.80. The van der Waals surface area contributed by atoms with Crippen LogP contribution < -0.4 is 9.80 Å². The van der Waals surface area contributed by atoms with Crippen LogP contribution in [0.5, 0.6) is 0 Å². The van der Waals surface area contributed by atoms with Crippen molar-refractivity contribution in [3.63, 3.8) is 0 Å². The molecule has 2 nitrogen and oxygen atoms in total. The summed E-state index contributed by atoms with van der Waals surface area (Å²) in [4.78, 5) is 5.06. The summed E-state index contributed by atoms with van der Waals surface area (Å²) < 4.78 is 0. The Kier molecular flexibility index (Phi) is 2.35. The summed E-state index contributed by atoms with van der Waals surface area (Å²) in [5.41, 5.74) is 4.51. The molecule has 1 fully saturated rings. The lowest BCUT2D eigenvalue weighted by atomic mass is 9.87. The number of nitrogens with zero attached hydrogens (tertiary/aromatic N) is 2. The Labute approximate surface area is 104 Å². The molecule has 2 heteroatoms. The van der Waals surface area contributed by atoms with E-state index in [2.05, 4.69) is 49.0 Å². The molecule has 0 amide bonds. The number of rotatable bonds is 0. The smallest absolute Gasteiger partial charge is 0.112 e. The fourth-order valence-electron chi connectivity index (χ4n) is 3.80. The average molecular weight is 230 g/mol. The normalized spacial score (nSPS) is 22.1. The van der Waals surface area contributed by atoms with Crippen LogP contribution in [0.25, 0.3) is 0 Å². The van der Waals surface area contributed by atoms with Gasteiger partial charge < -0.3 is 9.80 Å². The van der Waals surface area contributed by atoms with Gasteiger partial charge in [-0.3, -0.25) is 0 Å². The van der Waals surface area contributed by atoms with E-state index in [-0.39, 0.29) is 5.66 Å². The first-order valence-electron chi connectivity index (χ1n) is 6.74. The van der Waals surface area contributed by atoms with E-state index in [9.17, 15) is 0 Å². The third-order valence-electron chi connectivity index (χ3n) is 4.82. The maximum Gasteiger partial charge on any atom is 0.112 e. The summed E-state index contributed by atoms with van der Waals surface area (Å²) >= 11 is 0. The van der Waals surface area contributed by atoms with E-state index in [0.717, 1.165) is 0 Å². The molecule has 1 heterocycles. The number of fused-ring (bicyclic) bond motifs is 1. The zero-order valence-corrected chi connectivity index (χ0v) is 11.2. The van der Waals surface area contributed by atoms with Gasteiger partial charge in [0.1, 0.15) is 5.66 Å². The molecular formula is C15H22N2. The molecule has 1 aliphatic heterocycles. The Bertz CT molecular complexity index is 433. The summed E-state index contributed by atoms with van der Waals surface area (Å²) in [5.74, 6) is 0. The van der Waals surface area contributed by atoms with Crippen molar-refractivity contribution in [1.29, 1.82) is 0 Å². The second kappa shape index (κ2) is 3.66. The van der Waals surface area contributed by atoms with E-state index >= 15 is 0 Å². The molecule has 3 rings (SSSR count). The molecule has 1 aromatic rings. The third-order valence-corrected chi connectivity index (χ3v) is 4.82. The van der Waals surface area contributed by atoms with E-state index in [0.29, 0.717) is 0 Å². The Balaban J connectivity index is 2.10. The van der Waals surface area contributed by atoms with Crippen LogP contribution in [0.3, 0.4) is 0 Å². The van der Waals surface area contributed by atoms with Crippen molar-refractivity contribution in [2.75, 3.05) is 23.9 Å². The van der Waals surface area contributed by atoms with Gasteiger partial charge in [-0.1, -0.05) is 18.6 Å². The molecule has 92 valence electrons. The van der Waals surface area contributed by atoms with Crippen molar-refractivity contribution in [1.82, 2.24) is 0 Å². The second-order valence-corrected chi connectivity index (χ2v) is 5.60. The first-order chi connectivity index (χ1) is 8.17. The molecule has 2 aliphatic rings. The molecule has 0 saturated heterocycles. The van der Waals surface area contributed by atoms with Crippen LogP contribution in [0.15, 0.2) is 18.2 Å². The van der Waals surface area contributed by atoms with E-state index in [4.69, 9.17) is 0 Å². The van der Waals surface area contributed by atoms with Crippen LogP contribution in [-0.4, -0.2) is 19.8 Å². The predicted molar refractivity (Wildman–Crippen MR) is 73.8 cm³/mol. The summed E-state index contributed by atoms with van der Waals surface area (Å²) in [7, 11) is 4.55. The lowest BCUT2D eigenvalue weighted by Gasteiger charge is -2.45. The van der Waals surface area contributed by atoms with Gasteiger partial charge in [0.15, 0.2) is 0 Å². The quantitative estimate of drug-likeness (QED) is 0.672. The SMILES string of the molecule is Cc1cccc2c1N(C)C1(CCCCC1)N2C. The Hall–Kier alpha value is -1.18. The van der Waals surface area contributed by atoms with Crippen LogP contribution in [0.2, 0.25) is 0 Å². The van der Waals surface area contributed by atoms with Gasteiger partial charge in [0, 0.05) is 14.1 Å². The minimum absolute atomic E-state index is 0.257. The van der Waals surface area contributed by atoms with Crippen molar-refractivity contribution in [3.8, 4) is 0 Å². The highest BCUT2D eigenvalue weighted by molar-refractivity contribution is 5.81. The van der Waals surface area contributed by atoms with Gasteiger partial charge in [-0.15, -0.1) is 0 Å². The van der Waals surface area contributed by atoms with Crippen molar-refractivity contribution < 1.29 is 0 Å². The van der Waals surface area contributed by atoms with Crippen LogP contribution in [0.4, 0.5) is 11.4 Å². The predicted octanol–water partition coefficient (Wildman–Crippen LogP) is 3.54. The molecule has 0 N–H and O–H groups in total. The summed E-state index contributed by atoms with van der Waals surface area (Å²) in [5, 5.41) is 0. The lowest BCUT2D eigenvalue weighted by Crippen LogP contribution is -2.55. The van der Waals surface area contributed by atoms with Gasteiger partial charge in [0.05, 0.1) is 11.4 Å². The van der Waals surface area contributed by atoms with Crippen molar-refractivity contribution in [2.24, 2.45) is 0 Å². The maximum absolute atomic E-state index is 2.54. The number of benzene rings is 1. The van der Waals surface area contributed by atoms with Gasteiger partial charge in [0.25, 0.3) is 0 Å². The molecule has 1 aliphatic carbocycles. The average Bonchev–Trinajstić information content (AvgIpc) is 2.55. The highest BCUT2D eigenvalue weighted by atomic mass is 15.4. The number of hydrogen-bond acceptors (Lipinski definition) is 2. The molecule has 0 aromatic heterocycles. The third kappa shape index (κ3) is 1.33. The van der Waals surface area contributed by atoms with Gasteiger partial charge in [-0.2, -0.15) is 0 Å². The van der Waals surface area contributed by atoms with E-state index in [1.165, 1.54) is 49.0 Å². The summed E-state index contributed by atoms with van der Waals surface area (Å²) in [6.07, 6.45) is 6.73. The molecule has 0 radical (unpaired) electrons. The second-order valence-electron chi connectivity index (χ2n) is 5.60. The zero-order valence-electron chi connectivity index (χ0n) is 11.2. The number of para-hydroxylation sites is 1. The van der Waals surface area contributed by atoms with Gasteiger partial charge >= 0.3 is 0 Å². The van der Waals surface area contributed by atoms with Crippen LogP contribution >= 0.6 is 0 Å². The fraction of sp³-hybridized carbons (Fsp3) is 0.600. The maximum atomic E-state index is 2.54. The molecule has 1 saturated carbocycles. The van der Waals surface area contributed by atoms with Gasteiger partial charge in [-0.05, 0) is 44.2 Å². The minimum Gasteiger partial charge on any atom is -0.350 e. The first-order valence-corrected chi connectivity index (χ1v) is 6.74. The van der Waals surface area contributed by atoms with E-state index in [1.54, 1.807) is 0 Å². The summed E-state index contributed by atoms with van der Waals surface area (Å²) in [6, 6.07) is 6.67. The Morgan fingerprint density at radius 3 is 2.35 bits per heavy atom. The van der Waals surface area contributed by atoms with Crippen LogP contribution in [0, 0.1) is 6.92 Å². The van der Waals surface area contributed by atoms with Gasteiger partial charge in [0.2, 0.25) is 0 Å². The number of hydrogen-bond donors (Lipinski definition) is 0. The topological polar surface area (TPSA) is 6.48 Å². The van der Waals surface area contributed by atoms with E-state index in [1.807, 2.05) is 0 Å². The van der Waals surface area contributed by atoms with Gasteiger partial charge in [-0.25, -0.2) is 0 Å². The van der Waals surface area contributed by atoms with Crippen molar-refractivity contribution >= 4 is 11.4 Å². The molecule has 17 heavy (non-hydrogen) atoms. The molecule has 0 bridgehead atoms. The highest BCUT2D eigenvalue weighted by Gasteiger charge is 2.46. The minimum atomic E-state index is 0.257. The molecular weight excluding hydrogens is 208 g/mol. The Morgan fingerprint density at radius 1 is 1.00 bits per heavy atom. The van der Waals surface area contributed by atoms with Crippen molar-refractivity contribution in [2.45, 2.75) is 44.7 Å². The van der Waals surface area contributed by atoms with E-state index < -0.39 is 0 Å². The zero-order chi connectivity index (χ0) is 12.0. The molecule has 0 unspecified atom stereocenters. The highest BCUT2D eigenvalue weighted by Crippen LogP contribution is 2.50. The number of anilines is 2. The molecule has 1 aromatic carbocycles. The molecule has 1 spiro atoms. The standard InChI is InChI=1S/C15H22N2/c1-12-8-7-9-13-14(12)17(3)15(16(13)2)10-5-4-6-11-15/h7-9H,4-6,10-11H2,1-3H3. The lowest BCUT2D eigenvalue weighted by molar-refractivity contribution is 0.293. The van der Waals surface area contributed by atoms with Crippen molar-refractivity contribution in [3.05, 3.63) is 23.8 Å².